The lowest BCUT2D eigenvalue weighted by molar-refractivity contribution is 0.101. The Morgan fingerprint density at radius 1 is 1.17 bits per heavy atom. The zero-order valence-electron chi connectivity index (χ0n) is 13.3. The van der Waals surface area contributed by atoms with Gasteiger partial charge in [0, 0.05) is 17.4 Å². The molecule has 0 saturated heterocycles. The molecule has 0 radical (unpaired) electrons. The minimum Gasteiger partial charge on any atom is -0.324 e. The minimum absolute atomic E-state index is 0.0937. The second-order valence-electron chi connectivity index (χ2n) is 5.43. The van der Waals surface area contributed by atoms with E-state index in [0.29, 0.717) is 5.56 Å². The third-order valence-corrected chi connectivity index (χ3v) is 5.07. The average molecular weight is 343 g/mol. The first-order valence-corrected chi connectivity index (χ1v) is 9.42. The van der Waals surface area contributed by atoms with Crippen LogP contribution in [0.1, 0.15) is 17.3 Å². The molecule has 3 rings (SSSR count). The summed E-state index contributed by atoms with van der Waals surface area (Å²) in [6.07, 6.45) is 1.42. The van der Waals surface area contributed by atoms with Crippen LogP contribution in [-0.4, -0.2) is 28.0 Å². The van der Waals surface area contributed by atoms with Crippen molar-refractivity contribution in [2.75, 3.05) is 12.8 Å². The molecule has 6 heteroatoms. The maximum absolute atomic E-state index is 12.3. The van der Waals surface area contributed by atoms with Crippen LogP contribution in [0.4, 0.5) is 0 Å². The van der Waals surface area contributed by atoms with Crippen LogP contribution in [0, 0.1) is 0 Å². The monoisotopic (exact) mass is 343 g/mol. The third kappa shape index (κ3) is 3.49. The summed E-state index contributed by atoms with van der Waals surface area (Å²) in [6, 6.07) is 17.0. The van der Waals surface area contributed by atoms with Gasteiger partial charge in [0.15, 0.2) is 5.78 Å². The zero-order valence-corrected chi connectivity index (χ0v) is 14.1. The van der Waals surface area contributed by atoms with Crippen LogP contribution in [-0.2, 0) is 9.09 Å². The highest BCUT2D eigenvalue weighted by atomic mass is 31.2. The lowest BCUT2D eigenvalue weighted by Crippen LogP contribution is -2.08. The van der Waals surface area contributed by atoms with Crippen molar-refractivity contribution in [2.45, 2.75) is 6.92 Å². The highest BCUT2D eigenvalue weighted by Crippen LogP contribution is 2.42. The highest BCUT2D eigenvalue weighted by Gasteiger charge is 2.24. The first-order valence-electron chi connectivity index (χ1n) is 7.66. The summed E-state index contributed by atoms with van der Waals surface area (Å²) >= 11 is 0. The molecule has 0 bridgehead atoms. The molecular formula is C18H18NO4P. The number of para-hydroxylation sites is 1. The van der Waals surface area contributed by atoms with Gasteiger partial charge in [-0.05, 0) is 36.6 Å². The van der Waals surface area contributed by atoms with E-state index in [9.17, 15) is 14.3 Å². The Morgan fingerprint density at radius 3 is 2.75 bits per heavy atom. The van der Waals surface area contributed by atoms with E-state index in [1.165, 1.54) is 0 Å². The van der Waals surface area contributed by atoms with Crippen molar-refractivity contribution in [1.82, 2.24) is 4.57 Å². The number of carbonyl (C=O) groups excluding carboxylic acids is 1. The van der Waals surface area contributed by atoms with Crippen molar-refractivity contribution < 1.29 is 18.8 Å². The first kappa shape index (κ1) is 16.7. The molecule has 0 fully saturated rings. The van der Waals surface area contributed by atoms with Gasteiger partial charge in [0.2, 0.25) is 0 Å². The lowest BCUT2D eigenvalue weighted by Gasteiger charge is -2.11. The van der Waals surface area contributed by atoms with Gasteiger partial charge in [0.25, 0.3) is 0 Å². The Kier molecular flexibility index (Phi) is 4.67. The van der Waals surface area contributed by atoms with Gasteiger partial charge in [0.1, 0.15) is 6.16 Å². The normalized spacial score (nSPS) is 13.8. The van der Waals surface area contributed by atoms with Crippen LogP contribution in [0.5, 0.6) is 0 Å². The first-order chi connectivity index (χ1) is 11.5. The zero-order chi connectivity index (χ0) is 17.2. The molecule has 0 aliphatic carbocycles. The van der Waals surface area contributed by atoms with Crippen LogP contribution >= 0.6 is 7.60 Å². The van der Waals surface area contributed by atoms with Crippen molar-refractivity contribution in [3.8, 4) is 5.69 Å². The quantitative estimate of drug-likeness (QED) is 0.542. The van der Waals surface area contributed by atoms with Crippen molar-refractivity contribution in [1.29, 1.82) is 0 Å². The maximum Gasteiger partial charge on any atom is 0.335 e. The molecule has 0 saturated carbocycles. The van der Waals surface area contributed by atoms with Gasteiger partial charge in [0.05, 0.1) is 12.1 Å². The van der Waals surface area contributed by atoms with E-state index in [2.05, 4.69) is 0 Å². The van der Waals surface area contributed by atoms with Gasteiger partial charge in [-0.15, -0.1) is 0 Å². The largest absolute Gasteiger partial charge is 0.335 e. The highest BCUT2D eigenvalue weighted by molar-refractivity contribution is 7.53. The van der Waals surface area contributed by atoms with Crippen LogP contribution in [0.15, 0.2) is 60.8 Å². The van der Waals surface area contributed by atoms with Gasteiger partial charge >= 0.3 is 7.60 Å². The van der Waals surface area contributed by atoms with Gasteiger partial charge in [-0.1, -0.05) is 30.3 Å². The molecule has 124 valence electrons. The number of ketones is 1. The van der Waals surface area contributed by atoms with Gasteiger partial charge in [-0.2, -0.15) is 0 Å². The van der Waals surface area contributed by atoms with Crippen molar-refractivity contribution in [2.24, 2.45) is 0 Å². The standard InChI is InChI=1S/C18H18NO4P/c1-2-23-24(21,22)13-18(20)15-7-5-8-16(12-15)19-11-10-14-6-3-4-9-17(14)19/h3-12H,2,13H2,1H3,(H,21,22). The Labute approximate surface area is 140 Å². The van der Waals surface area contributed by atoms with Crippen molar-refractivity contribution >= 4 is 24.3 Å². The fourth-order valence-electron chi connectivity index (χ4n) is 2.66. The number of hydrogen-bond acceptors (Lipinski definition) is 3. The molecule has 0 aliphatic rings. The molecule has 5 nitrogen and oxygen atoms in total. The smallest absolute Gasteiger partial charge is 0.324 e. The molecule has 1 aromatic heterocycles. The van der Waals surface area contributed by atoms with E-state index < -0.39 is 19.5 Å². The summed E-state index contributed by atoms with van der Waals surface area (Å²) in [4.78, 5) is 21.9. The Balaban J connectivity index is 1.92. The molecule has 24 heavy (non-hydrogen) atoms. The molecule has 1 unspecified atom stereocenters. The van der Waals surface area contributed by atoms with Gasteiger partial charge < -0.3 is 14.0 Å². The van der Waals surface area contributed by atoms with Crippen LogP contribution in [0.25, 0.3) is 16.6 Å². The predicted octanol–water partition coefficient (Wildman–Crippen LogP) is 4.04. The summed E-state index contributed by atoms with van der Waals surface area (Å²) in [5, 5.41) is 1.10. The summed E-state index contributed by atoms with van der Waals surface area (Å²) in [5.41, 5.74) is 2.25. The van der Waals surface area contributed by atoms with Crippen LogP contribution < -0.4 is 0 Å². The lowest BCUT2D eigenvalue weighted by atomic mass is 10.1. The van der Waals surface area contributed by atoms with Crippen LogP contribution in [0.2, 0.25) is 0 Å². The topological polar surface area (TPSA) is 68.5 Å². The molecule has 1 heterocycles. The molecule has 0 aliphatic heterocycles. The fourth-order valence-corrected chi connectivity index (χ4v) is 3.70. The molecule has 0 amide bonds. The second kappa shape index (κ2) is 6.73. The van der Waals surface area contributed by atoms with E-state index in [-0.39, 0.29) is 6.61 Å². The SMILES string of the molecule is CCOP(=O)(O)CC(=O)c1cccc(-n2ccc3ccccc32)c1. The third-order valence-electron chi connectivity index (χ3n) is 3.72. The summed E-state index contributed by atoms with van der Waals surface area (Å²) < 4.78 is 18.5. The van der Waals surface area contributed by atoms with Gasteiger partial charge in [-0.3, -0.25) is 9.36 Å². The number of carbonyl (C=O) groups is 1. The second-order valence-corrected chi connectivity index (χ2v) is 7.28. The maximum atomic E-state index is 12.3. The number of benzene rings is 2. The predicted molar refractivity (Wildman–Crippen MR) is 93.9 cm³/mol. The molecule has 2 aromatic carbocycles. The van der Waals surface area contributed by atoms with E-state index in [1.807, 2.05) is 47.2 Å². The van der Waals surface area contributed by atoms with Gasteiger partial charge in [-0.25, -0.2) is 0 Å². The van der Waals surface area contributed by atoms with E-state index in [1.54, 1.807) is 25.1 Å². The Morgan fingerprint density at radius 2 is 1.96 bits per heavy atom. The summed E-state index contributed by atoms with van der Waals surface area (Å²) in [5.74, 6) is -0.410. The molecule has 1 atom stereocenters. The minimum atomic E-state index is -3.88. The van der Waals surface area contributed by atoms with E-state index in [4.69, 9.17) is 4.52 Å². The molecule has 0 spiro atoms. The van der Waals surface area contributed by atoms with Crippen molar-refractivity contribution in [3.05, 3.63) is 66.4 Å². The number of hydrogen-bond donors (Lipinski definition) is 1. The molecule has 3 aromatic rings. The number of rotatable bonds is 6. The Bertz CT molecular complexity index is 931. The summed E-state index contributed by atoms with van der Waals surface area (Å²) in [6.45, 7) is 1.71. The molecular weight excluding hydrogens is 325 g/mol. The number of fused-ring (bicyclic) bond motifs is 1. The van der Waals surface area contributed by atoms with Crippen molar-refractivity contribution in [3.63, 3.8) is 0 Å². The molecule has 1 N–H and O–H groups in total. The van der Waals surface area contributed by atoms with Crippen LogP contribution in [0.3, 0.4) is 0 Å². The average Bonchev–Trinajstić information content (AvgIpc) is 2.98. The summed E-state index contributed by atoms with van der Waals surface area (Å²) in [7, 11) is -3.88. The number of aromatic nitrogens is 1. The Hall–Kier alpha value is -2.20. The van der Waals surface area contributed by atoms with E-state index in [0.717, 1.165) is 16.6 Å². The fraction of sp³-hybridized carbons (Fsp3) is 0.167. The number of nitrogens with zero attached hydrogens (tertiary/aromatic N) is 1. The number of Topliss-reactive ketones (excluding diaryl/α,β-unsaturated/α-hetero) is 1. The van der Waals surface area contributed by atoms with E-state index >= 15 is 0 Å².